The van der Waals surface area contributed by atoms with Crippen LogP contribution in [0.15, 0.2) is 53.8 Å². The zero-order valence-electron chi connectivity index (χ0n) is 15.5. The van der Waals surface area contributed by atoms with E-state index in [9.17, 15) is 9.59 Å². The number of aromatic nitrogens is 2. The molecule has 8 heteroatoms. The highest BCUT2D eigenvalue weighted by Gasteiger charge is 2.11. The van der Waals surface area contributed by atoms with Crippen molar-refractivity contribution in [1.82, 2.24) is 9.55 Å². The fraction of sp³-hybridized carbons (Fsp3) is 0.150. The molecule has 0 aliphatic rings. The Morgan fingerprint density at radius 1 is 1.32 bits per heavy atom. The van der Waals surface area contributed by atoms with Gasteiger partial charge in [-0.2, -0.15) is 0 Å². The lowest BCUT2D eigenvalue weighted by atomic mass is 10.1. The van der Waals surface area contributed by atoms with E-state index >= 15 is 0 Å². The van der Waals surface area contributed by atoms with E-state index in [1.165, 1.54) is 4.57 Å². The van der Waals surface area contributed by atoms with Crippen molar-refractivity contribution in [2.24, 2.45) is 0 Å². The normalized spacial score (nSPS) is 10.7. The lowest BCUT2D eigenvalue weighted by Gasteiger charge is -2.15. The lowest BCUT2D eigenvalue weighted by Crippen LogP contribution is -2.22. The molecule has 0 saturated carbocycles. The number of halogens is 1. The number of hydrogen-bond acceptors (Lipinski definition) is 4. The molecule has 2 aromatic carbocycles. The van der Waals surface area contributed by atoms with Crippen molar-refractivity contribution in [3.63, 3.8) is 0 Å². The van der Waals surface area contributed by atoms with Gasteiger partial charge in [0.2, 0.25) is 0 Å². The van der Waals surface area contributed by atoms with Crippen molar-refractivity contribution < 1.29 is 4.79 Å². The number of allylic oxidation sites excluding steroid dienone is 1. The van der Waals surface area contributed by atoms with E-state index in [0.29, 0.717) is 33.7 Å². The summed E-state index contributed by atoms with van der Waals surface area (Å²) in [7, 11) is 3.78. The van der Waals surface area contributed by atoms with Crippen molar-refractivity contribution >= 4 is 52.0 Å². The first kappa shape index (κ1) is 19.9. The zero-order valence-corrected chi connectivity index (χ0v) is 17.0. The Kier molecular flexibility index (Phi) is 5.67. The minimum Gasteiger partial charge on any atom is -0.376 e. The molecule has 0 bridgehead atoms. The van der Waals surface area contributed by atoms with Gasteiger partial charge in [-0.05, 0) is 48.6 Å². The molecule has 0 fully saturated rings. The molecule has 3 rings (SSSR count). The number of nitrogens with zero attached hydrogens (tertiary/aromatic N) is 2. The van der Waals surface area contributed by atoms with Gasteiger partial charge >= 0.3 is 0 Å². The summed E-state index contributed by atoms with van der Waals surface area (Å²) >= 11 is 11.5. The molecule has 0 atom stereocenters. The number of anilines is 2. The van der Waals surface area contributed by atoms with Crippen molar-refractivity contribution in [2.45, 2.75) is 6.54 Å². The molecule has 1 aromatic heterocycles. The summed E-state index contributed by atoms with van der Waals surface area (Å²) in [6.45, 7) is 3.95. The first-order chi connectivity index (χ1) is 13.3. The van der Waals surface area contributed by atoms with Crippen LogP contribution in [0.5, 0.6) is 0 Å². The molecule has 0 aliphatic carbocycles. The van der Waals surface area contributed by atoms with E-state index in [-0.39, 0.29) is 16.2 Å². The Hall–Kier alpha value is -2.90. The Morgan fingerprint density at radius 2 is 2.07 bits per heavy atom. The van der Waals surface area contributed by atoms with Crippen LogP contribution in [0.4, 0.5) is 11.4 Å². The van der Waals surface area contributed by atoms with Crippen LogP contribution in [0.2, 0.25) is 5.02 Å². The number of fused-ring (bicyclic) bond motifs is 1. The molecule has 1 heterocycles. The summed E-state index contributed by atoms with van der Waals surface area (Å²) in [5, 5.41) is 3.80. The van der Waals surface area contributed by atoms with Gasteiger partial charge in [-0.25, -0.2) is 0 Å². The molecule has 0 unspecified atom stereocenters. The van der Waals surface area contributed by atoms with E-state index in [0.717, 1.165) is 5.69 Å². The topological polar surface area (TPSA) is 70.1 Å². The SMILES string of the molecule is C=CCn1c(=S)[nH]c2cc(C(=O)Nc3ccc(N(C)C)c(Cl)c3)ccc2c1=O. The quantitative estimate of drug-likeness (QED) is 0.484. The van der Waals surface area contributed by atoms with Crippen LogP contribution in [0.25, 0.3) is 10.9 Å². The molecular formula is C20H19ClN4O2S. The highest BCUT2D eigenvalue weighted by molar-refractivity contribution is 7.71. The third-order valence-electron chi connectivity index (χ3n) is 4.24. The molecule has 6 nitrogen and oxygen atoms in total. The zero-order chi connectivity index (χ0) is 20.4. The average molecular weight is 415 g/mol. The first-order valence-electron chi connectivity index (χ1n) is 8.48. The number of benzene rings is 2. The Morgan fingerprint density at radius 3 is 2.71 bits per heavy atom. The number of nitrogens with one attached hydrogen (secondary N) is 2. The summed E-state index contributed by atoms with van der Waals surface area (Å²) in [5.41, 5.74) is 2.11. The third-order valence-corrected chi connectivity index (χ3v) is 4.87. The van der Waals surface area contributed by atoms with Gasteiger partial charge in [-0.1, -0.05) is 17.7 Å². The van der Waals surface area contributed by atoms with Crippen LogP contribution < -0.4 is 15.8 Å². The fourth-order valence-corrected chi connectivity index (χ4v) is 3.46. The minimum absolute atomic E-state index is 0.225. The van der Waals surface area contributed by atoms with Crippen molar-refractivity contribution in [2.75, 3.05) is 24.3 Å². The molecule has 0 saturated heterocycles. The van der Waals surface area contributed by atoms with E-state index in [1.54, 1.807) is 36.4 Å². The smallest absolute Gasteiger partial charge is 0.262 e. The maximum absolute atomic E-state index is 12.6. The molecule has 2 N–H and O–H groups in total. The van der Waals surface area contributed by atoms with Crippen molar-refractivity contribution in [1.29, 1.82) is 0 Å². The third kappa shape index (κ3) is 3.85. The van der Waals surface area contributed by atoms with Gasteiger partial charge in [-0.15, -0.1) is 6.58 Å². The summed E-state index contributed by atoms with van der Waals surface area (Å²) in [5.74, 6) is -0.315. The second kappa shape index (κ2) is 8.00. The van der Waals surface area contributed by atoms with Gasteiger partial charge in [0.1, 0.15) is 0 Å². The molecule has 0 radical (unpaired) electrons. The fourth-order valence-electron chi connectivity index (χ4n) is 2.84. The number of amides is 1. The maximum Gasteiger partial charge on any atom is 0.262 e. The van der Waals surface area contributed by atoms with Crippen LogP contribution in [-0.2, 0) is 6.54 Å². The molecule has 0 spiro atoms. The molecule has 144 valence electrons. The largest absolute Gasteiger partial charge is 0.376 e. The molecular weight excluding hydrogens is 396 g/mol. The monoisotopic (exact) mass is 414 g/mol. The van der Waals surface area contributed by atoms with Gasteiger partial charge in [0.05, 0.1) is 21.6 Å². The number of carbonyl (C=O) groups excluding carboxylic acids is 1. The van der Waals surface area contributed by atoms with Crippen LogP contribution in [0, 0.1) is 4.77 Å². The van der Waals surface area contributed by atoms with E-state index < -0.39 is 0 Å². The second-order valence-electron chi connectivity index (χ2n) is 6.41. The van der Waals surface area contributed by atoms with E-state index in [4.69, 9.17) is 23.8 Å². The highest BCUT2D eigenvalue weighted by atomic mass is 35.5. The second-order valence-corrected chi connectivity index (χ2v) is 7.20. The Labute approximate surface area is 172 Å². The molecule has 28 heavy (non-hydrogen) atoms. The number of hydrogen-bond donors (Lipinski definition) is 2. The van der Waals surface area contributed by atoms with Gasteiger partial charge in [0.15, 0.2) is 4.77 Å². The number of carbonyl (C=O) groups is 1. The number of aromatic amines is 1. The Bertz CT molecular complexity index is 1200. The van der Waals surface area contributed by atoms with Gasteiger partial charge in [0.25, 0.3) is 11.5 Å². The number of H-pyrrole nitrogens is 1. The standard InChI is InChI=1S/C20H19ClN4O2S/c1-4-9-25-19(27)14-7-5-12(10-16(14)23-20(25)28)18(26)22-13-6-8-17(24(2)3)15(21)11-13/h4-8,10-11H,1,9H2,2-3H3,(H,22,26)(H,23,28). The molecule has 3 aromatic rings. The minimum atomic E-state index is -0.315. The van der Waals surface area contributed by atoms with Crippen LogP contribution in [-0.4, -0.2) is 29.6 Å². The van der Waals surface area contributed by atoms with Gasteiger partial charge < -0.3 is 15.2 Å². The summed E-state index contributed by atoms with van der Waals surface area (Å²) in [6, 6.07) is 10.1. The van der Waals surface area contributed by atoms with Crippen molar-refractivity contribution in [3.05, 3.63) is 74.8 Å². The summed E-state index contributed by atoms with van der Waals surface area (Å²) in [6.07, 6.45) is 1.60. The summed E-state index contributed by atoms with van der Waals surface area (Å²) < 4.78 is 1.69. The first-order valence-corrected chi connectivity index (χ1v) is 9.26. The van der Waals surface area contributed by atoms with E-state index in [1.807, 2.05) is 25.1 Å². The molecule has 0 aliphatic heterocycles. The van der Waals surface area contributed by atoms with Gasteiger partial charge in [0, 0.05) is 31.9 Å². The van der Waals surface area contributed by atoms with Crippen molar-refractivity contribution in [3.8, 4) is 0 Å². The van der Waals surface area contributed by atoms with E-state index in [2.05, 4.69) is 16.9 Å². The maximum atomic E-state index is 12.6. The van der Waals surface area contributed by atoms with Crippen LogP contribution >= 0.6 is 23.8 Å². The predicted octanol–water partition coefficient (Wildman–Crippen LogP) is 4.22. The Balaban J connectivity index is 1.93. The summed E-state index contributed by atoms with van der Waals surface area (Å²) in [4.78, 5) is 30.1. The van der Waals surface area contributed by atoms with Gasteiger partial charge in [-0.3, -0.25) is 14.2 Å². The van der Waals surface area contributed by atoms with Crippen LogP contribution in [0.3, 0.4) is 0 Å². The highest BCUT2D eigenvalue weighted by Crippen LogP contribution is 2.27. The molecule has 1 amide bonds. The lowest BCUT2D eigenvalue weighted by molar-refractivity contribution is 0.102. The number of rotatable bonds is 5. The average Bonchev–Trinajstić information content (AvgIpc) is 2.64. The van der Waals surface area contributed by atoms with Crippen LogP contribution in [0.1, 0.15) is 10.4 Å². The predicted molar refractivity (Wildman–Crippen MR) is 117 cm³/mol.